The molecule has 152 valence electrons. The molecule has 1 saturated heterocycles. The molecular weight excluding hydrogens is 362 g/mol. The highest BCUT2D eigenvalue weighted by Gasteiger charge is 2.16. The van der Waals surface area contributed by atoms with Crippen LogP contribution >= 0.6 is 0 Å². The van der Waals surface area contributed by atoms with Gasteiger partial charge in [-0.15, -0.1) is 0 Å². The topological polar surface area (TPSA) is 53.4 Å². The molecular formula is C23H29N5O. The van der Waals surface area contributed by atoms with E-state index in [0.717, 1.165) is 55.0 Å². The Labute approximate surface area is 172 Å². The Morgan fingerprint density at radius 1 is 1.10 bits per heavy atom. The van der Waals surface area contributed by atoms with Crippen molar-refractivity contribution in [3.63, 3.8) is 0 Å². The highest BCUT2D eigenvalue weighted by Crippen LogP contribution is 2.24. The van der Waals surface area contributed by atoms with Gasteiger partial charge in [0, 0.05) is 50.5 Å². The standard InChI is InChI=1S/C23H29N5O/c1-3-26-12-14-27(15-13-26)19-8-9-20(18(2)16-19)25-23(29)10-11-28-17-24-21-6-4-5-7-22(21)28/h4-9,16-17H,3,10-15H2,1-2H3,(H,25,29). The van der Waals surface area contributed by atoms with Crippen LogP contribution in [0.4, 0.5) is 11.4 Å². The number of carbonyl (C=O) groups is 1. The molecule has 4 rings (SSSR count). The number of anilines is 2. The summed E-state index contributed by atoms with van der Waals surface area (Å²) in [6, 6.07) is 14.3. The van der Waals surface area contributed by atoms with Crippen LogP contribution in [0.3, 0.4) is 0 Å². The molecule has 1 aliphatic heterocycles. The van der Waals surface area contributed by atoms with Gasteiger partial charge in [-0.1, -0.05) is 19.1 Å². The molecule has 0 radical (unpaired) electrons. The monoisotopic (exact) mass is 391 g/mol. The second kappa shape index (κ2) is 8.66. The largest absolute Gasteiger partial charge is 0.369 e. The Balaban J connectivity index is 1.34. The highest BCUT2D eigenvalue weighted by molar-refractivity contribution is 5.91. The molecule has 1 fully saturated rings. The van der Waals surface area contributed by atoms with Gasteiger partial charge in [0.05, 0.1) is 17.4 Å². The smallest absolute Gasteiger partial charge is 0.226 e. The molecule has 1 aliphatic rings. The summed E-state index contributed by atoms with van der Waals surface area (Å²) in [6.45, 7) is 10.3. The van der Waals surface area contributed by atoms with E-state index in [1.54, 1.807) is 6.33 Å². The van der Waals surface area contributed by atoms with Crippen LogP contribution in [0.5, 0.6) is 0 Å². The van der Waals surface area contributed by atoms with Gasteiger partial charge in [0.25, 0.3) is 0 Å². The van der Waals surface area contributed by atoms with Crippen molar-refractivity contribution >= 4 is 28.3 Å². The first-order valence-electron chi connectivity index (χ1n) is 10.4. The van der Waals surface area contributed by atoms with Crippen molar-refractivity contribution in [2.75, 3.05) is 42.9 Å². The zero-order valence-corrected chi connectivity index (χ0v) is 17.3. The highest BCUT2D eigenvalue weighted by atomic mass is 16.1. The number of fused-ring (bicyclic) bond motifs is 1. The lowest BCUT2D eigenvalue weighted by molar-refractivity contribution is -0.116. The summed E-state index contributed by atoms with van der Waals surface area (Å²) in [5, 5.41) is 3.07. The first-order valence-corrected chi connectivity index (χ1v) is 10.4. The van der Waals surface area contributed by atoms with Gasteiger partial charge in [0.15, 0.2) is 0 Å². The van der Waals surface area contributed by atoms with E-state index in [2.05, 4.69) is 46.1 Å². The Kier molecular flexibility index (Phi) is 5.81. The van der Waals surface area contributed by atoms with Crippen molar-refractivity contribution in [3.05, 3.63) is 54.4 Å². The second-order valence-corrected chi connectivity index (χ2v) is 7.65. The number of nitrogens with one attached hydrogen (secondary N) is 1. The van der Waals surface area contributed by atoms with Gasteiger partial charge in [-0.3, -0.25) is 4.79 Å². The van der Waals surface area contributed by atoms with E-state index in [4.69, 9.17) is 0 Å². The number of rotatable bonds is 6. The number of amides is 1. The molecule has 1 aromatic heterocycles. The molecule has 6 nitrogen and oxygen atoms in total. The Morgan fingerprint density at radius 2 is 1.90 bits per heavy atom. The third kappa shape index (κ3) is 4.43. The van der Waals surface area contributed by atoms with Gasteiger partial charge in [-0.25, -0.2) is 4.98 Å². The van der Waals surface area contributed by atoms with Crippen molar-refractivity contribution in [2.24, 2.45) is 0 Å². The fourth-order valence-electron chi connectivity index (χ4n) is 3.93. The molecule has 0 unspecified atom stereocenters. The van der Waals surface area contributed by atoms with Crippen LogP contribution in [0, 0.1) is 6.92 Å². The Bertz CT molecular complexity index is 988. The average molecular weight is 392 g/mol. The summed E-state index contributed by atoms with van der Waals surface area (Å²) in [5.74, 6) is 0.0233. The van der Waals surface area contributed by atoms with Crippen LogP contribution in [-0.4, -0.2) is 53.1 Å². The van der Waals surface area contributed by atoms with Crippen LogP contribution < -0.4 is 10.2 Å². The summed E-state index contributed by atoms with van der Waals surface area (Å²) in [4.78, 5) is 21.8. The van der Waals surface area contributed by atoms with Crippen molar-refractivity contribution in [1.29, 1.82) is 0 Å². The lowest BCUT2D eigenvalue weighted by Crippen LogP contribution is -2.46. The number of aromatic nitrogens is 2. The van der Waals surface area contributed by atoms with Crippen molar-refractivity contribution < 1.29 is 4.79 Å². The van der Waals surface area contributed by atoms with E-state index < -0.39 is 0 Å². The molecule has 0 atom stereocenters. The molecule has 2 aromatic carbocycles. The van der Waals surface area contributed by atoms with Gasteiger partial charge < -0.3 is 19.7 Å². The molecule has 2 heterocycles. The fourth-order valence-corrected chi connectivity index (χ4v) is 3.93. The molecule has 0 saturated carbocycles. The minimum atomic E-state index is 0.0233. The first-order chi connectivity index (χ1) is 14.1. The third-order valence-corrected chi connectivity index (χ3v) is 5.78. The predicted octanol–water partition coefficient (Wildman–Crippen LogP) is 3.52. The third-order valence-electron chi connectivity index (χ3n) is 5.78. The Hall–Kier alpha value is -2.86. The zero-order valence-electron chi connectivity index (χ0n) is 17.3. The van der Waals surface area contributed by atoms with E-state index >= 15 is 0 Å². The van der Waals surface area contributed by atoms with Crippen LogP contribution in [0.2, 0.25) is 0 Å². The van der Waals surface area contributed by atoms with E-state index in [1.807, 2.05) is 34.9 Å². The zero-order chi connectivity index (χ0) is 20.2. The summed E-state index contributed by atoms with van der Waals surface area (Å²) in [7, 11) is 0. The predicted molar refractivity (Wildman–Crippen MR) is 118 cm³/mol. The number of carbonyl (C=O) groups excluding carboxylic acids is 1. The van der Waals surface area contributed by atoms with E-state index in [9.17, 15) is 4.79 Å². The SMILES string of the molecule is CCN1CCN(c2ccc(NC(=O)CCn3cnc4ccccc43)c(C)c2)CC1. The van der Waals surface area contributed by atoms with E-state index in [1.165, 1.54) is 5.69 Å². The minimum absolute atomic E-state index is 0.0233. The molecule has 0 aliphatic carbocycles. The molecule has 29 heavy (non-hydrogen) atoms. The lowest BCUT2D eigenvalue weighted by Gasteiger charge is -2.35. The summed E-state index contributed by atoms with van der Waals surface area (Å²) in [5.41, 5.74) is 5.24. The number of hydrogen-bond acceptors (Lipinski definition) is 4. The van der Waals surface area contributed by atoms with Gasteiger partial charge in [0.2, 0.25) is 5.91 Å². The number of nitrogens with zero attached hydrogens (tertiary/aromatic N) is 4. The average Bonchev–Trinajstić information content (AvgIpc) is 3.17. The van der Waals surface area contributed by atoms with Gasteiger partial charge in [-0.05, 0) is 49.4 Å². The van der Waals surface area contributed by atoms with Crippen molar-refractivity contribution in [3.8, 4) is 0 Å². The van der Waals surface area contributed by atoms with Crippen molar-refractivity contribution in [1.82, 2.24) is 14.5 Å². The number of likely N-dealkylation sites (N-methyl/N-ethyl adjacent to an activating group) is 1. The Morgan fingerprint density at radius 3 is 2.66 bits per heavy atom. The number of aryl methyl sites for hydroxylation is 2. The van der Waals surface area contributed by atoms with Crippen LogP contribution in [-0.2, 0) is 11.3 Å². The summed E-state index contributed by atoms with van der Waals surface area (Å²) in [6.07, 6.45) is 2.22. The molecule has 1 amide bonds. The molecule has 1 N–H and O–H groups in total. The van der Waals surface area contributed by atoms with Gasteiger partial charge in [0.1, 0.15) is 0 Å². The van der Waals surface area contributed by atoms with Crippen LogP contribution in [0.25, 0.3) is 11.0 Å². The van der Waals surface area contributed by atoms with Crippen LogP contribution in [0.1, 0.15) is 18.9 Å². The lowest BCUT2D eigenvalue weighted by atomic mass is 10.1. The summed E-state index contributed by atoms with van der Waals surface area (Å²) < 4.78 is 2.03. The minimum Gasteiger partial charge on any atom is -0.369 e. The number of benzene rings is 2. The number of hydrogen-bond donors (Lipinski definition) is 1. The first kappa shape index (κ1) is 19.5. The summed E-state index contributed by atoms with van der Waals surface area (Å²) >= 11 is 0. The van der Waals surface area contributed by atoms with Crippen molar-refractivity contribution in [2.45, 2.75) is 26.8 Å². The maximum atomic E-state index is 12.5. The maximum Gasteiger partial charge on any atom is 0.226 e. The number of piperazine rings is 1. The number of para-hydroxylation sites is 2. The molecule has 3 aromatic rings. The second-order valence-electron chi connectivity index (χ2n) is 7.65. The van der Waals surface area contributed by atoms with E-state index in [0.29, 0.717) is 13.0 Å². The molecule has 0 spiro atoms. The molecule has 0 bridgehead atoms. The maximum absolute atomic E-state index is 12.5. The normalized spacial score (nSPS) is 15.0. The van der Waals surface area contributed by atoms with Gasteiger partial charge >= 0.3 is 0 Å². The van der Waals surface area contributed by atoms with Gasteiger partial charge in [-0.2, -0.15) is 0 Å². The fraction of sp³-hybridized carbons (Fsp3) is 0.391. The number of imidazole rings is 1. The molecule has 6 heteroatoms. The quantitative estimate of drug-likeness (QED) is 0.699. The van der Waals surface area contributed by atoms with E-state index in [-0.39, 0.29) is 5.91 Å². The van der Waals surface area contributed by atoms with Crippen LogP contribution in [0.15, 0.2) is 48.8 Å².